The van der Waals surface area contributed by atoms with Crippen molar-refractivity contribution in [3.8, 4) is 0 Å². The van der Waals surface area contributed by atoms with Gasteiger partial charge in [-0.1, -0.05) is 44.3 Å². The molecule has 0 heterocycles. The van der Waals surface area contributed by atoms with Gasteiger partial charge >= 0.3 is 5.97 Å². The van der Waals surface area contributed by atoms with E-state index in [-0.39, 0.29) is 6.61 Å². The van der Waals surface area contributed by atoms with Gasteiger partial charge in [0.15, 0.2) is 0 Å². The summed E-state index contributed by atoms with van der Waals surface area (Å²) in [7, 11) is 0. The van der Waals surface area contributed by atoms with Crippen molar-refractivity contribution in [2.75, 3.05) is 6.61 Å². The van der Waals surface area contributed by atoms with E-state index in [0.717, 1.165) is 25.7 Å². The largest absolute Gasteiger partial charge is 0.481 e. The molecule has 0 radical (unpaired) electrons. The summed E-state index contributed by atoms with van der Waals surface area (Å²) < 4.78 is 0. The van der Waals surface area contributed by atoms with Gasteiger partial charge in [0, 0.05) is 6.42 Å². The maximum Gasteiger partial charge on any atom is 0.303 e. The third kappa shape index (κ3) is 13.2. The molecule has 0 saturated carbocycles. The third-order valence-electron chi connectivity index (χ3n) is 2.53. The Balaban J connectivity index is 2.98. The van der Waals surface area contributed by atoms with Gasteiger partial charge in [0.1, 0.15) is 0 Å². The van der Waals surface area contributed by atoms with Crippen LogP contribution in [0.15, 0.2) is 12.2 Å². The number of carboxylic acids is 1. The van der Waals surface area contributed by atoms with Crippen LogP contribution in [0.1, 0.15) is 57.8 Å². The molecule has 2 N–H and O–H groups in total. The second-order valence-corrected chi connectivity index (χ2v) is 4.06. The first-order chi connectivity index (χ1) is 7.77. The van der Waals surface area contributed by atoms with Crippen LogP contribution < -0.4 is 0 Å². The number of hydrogen-bond acceptors (Lipinski definition) is 2. The van der Waals surface area contributed by atoms with Crippen molar-refractivity contribution in [1.82, 2.24) is 0 Å². The van der Waals surface area contributed by atoms with E-state index in [0.29, 0.717) is 6.42 Å². The first kappa shape index (κ1) is 15.2. The predicted octanol–water partition coefficient (Wildman–Crippen LogP) is 3.13. The molecule has 0 spiro atoms. The number of allylic oxidation sites excluding steroid dienone is 1. The van der Waals surface area contributed by atoms with E-state index in [1.165, 1.54) is 25.7 Å². The minimum absolute atomic E-state index is 0.142. The van der Waals surface area contributed by atoms with Crippen molar-refractivity contribution in [2.24, 2.45) is 0 Å². The highest BCUT2D eigenvalue weighted by molar-refractivity contribution is 5.66. The van der Waals surface area contributed by atoms with Crippen LogP contribution in [-0.2, 0) is 4.79 Å². The van der Waals surface area contributed by atoms with E-state index in [4.69, 9.17) is 10.2 Å². The van der Waals surface area contributed by atoms with Crippen molar-refractivity contribution in [1.29, 1.82) is 0 Å². The molecule has 0 aromatic carbocycles. The van der Waals surface area contributed by atoms with Crippen molar-refractivity contribution in [3.05, 3.63) is 12.2 Å². The molecule has 0 unspecified atom stereocenters. The summed E-state index contributed by atoms with van der Waals surface area (Å²) >= 11 is 0. The molecule has 3 heteroatoms. The summed E-state index contributed by atoms with van der Waals surface area (Å²) in [5.41, 5.74) is 0. The van der Waals surface area contributed by atoms with Gasteiger partial charge in [0.05, 0.1) is 6.61 Å². The first-order valence-electron chi connectivity index (χ1n) is 6.25. The van der Waals surface area contributed by atoms with Gasteiger partial charge < -0.3 is 10.2 Å². The maximum absolute atomic E-state index is 10.2. The minimum Gasteiger partial charge on any atom is -0.481 e. The summed E-state index contributed by atoms with van der Waals surface area (Å²) in [5.74, 6) is -0.685. The number of aliphatic carboxylic acids is 1. The molecule has 94 valence electrons. The monoisotopic (exact) mass is 228 g/mol. The zero-order valence-corrected chi connectivity index (χ0v) is 10.0. The van der Waals surface area contributed by atoms with Crippen LogP contribution in [0.5, 0.6) is 0 Å². The van der Waals surface area contributed by atoms with E-state index < -0.39 is 5.97 Å². The second kappa shape index (κ2) is 12.2. The number of unbranched alkanes of at least 4 members (excludes halogenated alkanes) is 7. The highest BCUT2D eigenvalue weighted by atomic mass is 16.4. The number of carbonyl (C=O) groups is 1. The van der Waals surface area contributed by atoms with Crippen LogP contribution >= 0.6 is 0 Å². The molecule has 0 atom stereocenters. The standard InChI is InChI=1S/C13H24O3/c14-12-10-8-6-4-2-1-3-5-7-9-11-13(15)16/h8,10,14H,1-7,9,11-12H2,(H,15,16)/b10-8+. The van der Waals surface area contributed by atoms with E-state index in [1.54, 1.807) is 6.08 Å². The fourth-order valence-corrected chi connectivity index (χ4v) is 1.61. The first-order valence-corrected chi connectivity index (χ1v) is 6.25. The van der Waals surface area contributed by atoms with Gasteiger partial charge in [0.25, 0.3) is 0 Å². The van der Waals surface area contributed by atoms with Gasteiger partial charge in [0.2, 0.25) is 0 Å². The highest BCUT2D eigenvalue weighted by Gasteiger charge is 1.96. The zero-order valence-electron chi connectivity index (χ0n) is 10.0. The molecule has 0 aliphatic rings. The smallest absolute Gasteiger partial charge is 0.303 e. The number of aliphatic hydroxyl groups excluding tert-OH is 1. The van der Waals surface area contributed by atoms with E-state index in [9.17, 15) is 4.79 Å². The number of hydrogen-bond donors (Lipinski definition) is 2. The minimum atomic E-state index is -0.685. The number of aliphatic hydroxyl groups is 1. The van der Waals surface area contributed by atoms with Crippen LogP contribution in [0.2, 0.25) is 0 Å². The van der Waals surface area contributed by atoms with Gasteiger partial charge in [-0.05, 0) is 19.3 Å². The maximum atomic E-state index is 10.2. The Bertz CT molecular complexity index is 188. The molecule has 0 aliphatic carbocycles. The molecule has 3 nitrogen and oxygen atoms in total. The molecule has 0 aromatic rings. The number of rotatable bonds is 11. The lowest BCUT2D eigenvalue weighted by Crippen LogP contribution is -1.93. The van der Waals surface area contributed by atoms with Crippen LogP contribution in [0, 0.1) is 0 Å². The highest BCUT2D eigenvalue weighted by Crippen LogP contribution is 2.09. The molecule has 0 rings (SSSR count). The molecule has 0 aromatic heterocycles. The zero-order chi connectivity index (χ0) is 12.1. The molecule has 16 heavy (non-hydrogen) atoms. The molecular weight excluding hydrogens is 204 g/mol. The molecule has 0 saturated heterocycles. The molecule has 0 aliphatic heterocycles. The van der Waals surface area contributed by atoms with Gasteiger partial charge in [-0.15, -0.1) is 0 Å². The SMILES string of the molecule is O=C(O)CCCCCCCCC/C=C/CO. The quantitative estimate of drug-likeness (QED) is 0.422. The van der Waals surface area contributed by atoms with Crippen molar-refractivity contribution in [2.45, 2.75) is 57.8 Å². The average molecular weight is 228 g/mol. The lowest BCUT2D eigenvalue weighted by Gasteiger charge is -1.99. The topological polar surface area (TPSA) is 57.5 Å². The summed E-state index contributed by atoms with van der Waals surface area (Å²) in [6.07, 6.45) is 13.0. The summed E-state index contributed by atoms with van der Waals surface area (Å²) in [6, 6.07) is 0. The summed E-state index contributed by atoms with van der Waals surface area (Å²) in [5, 5.41) is 16.9. The fourth-order valence-electron chi connectivity index (χ4n) is 1.61. The van der Waals surface area contributed by atoms with Gasteiger partial charge in [-0.2, -0.15) is 0 Å². The average Bonchev–Trinajstić information content (AvgIpc) is 2.25. The van der Waals surface area contributed by atoms with Crippen LogP contribution in [0.4, 0.5) is 0 Å². The number of carboxylic acid groups (broad SMARTS) is 1. The summed E-state index contributed by atoms with van der Waals surface area (Å²) in [4.78, 5) is 10.2. The van der Waals surface area contributed by atoms with Crippen molar-refractivity contribution >= 4 is 5.97 Å². The van der Waals surface area contributed by atoms with E-state index in [2.05, 4.69) is 0 Å². The molecule has 0 amide bonds. The van der Waals surface area contributed by atoms with Crippen LogP contribution in [0.25, 0.3) is 0 Å². The van der Waals surface area contributed by atoms with Crippen LogP contribution in [-0.4, -0.2) is 22.8 Å². The normalized spacial score (nSPS) is 11.1. The Morgan fingerprint density at radius 1 is 0.875 bits per heavy atom. The summed E-state index contributed by atoms with van der Waals surface area (Å²) in [6.45, 7) is 0.142. The Kier molecular flexibility index (Phi) is 11.6. The Morgan fingerprint density at radius 2 is 1.44 bits per heavy atom. The van der Waals surface area contributed by atoms with E-state index >= 15 is 0 Å². The fraction of sp³-hybridized carbons (Fsp3) is 0.769. The Morgan fingerprint density at radius 3 is 2.00 bits per heavy atom. The third-order valence-corrected chi connectivity index (χ3v) is 2.53. The Labute approximate surface area is 98.2 Å². The van der Waals surface area contributed by atoms with Crippen LogP contribution in [0.3, 0.4) is 0 Å². The van der Waals surface area contributed by atoms with Gasteiger partial charge in [-0.25, -0.2) is 0 Å². The van der Waals surface area contributed by atoms with Crippen molar-refractivity contribution in [3.63, 3.8) is 0 Å². The predicted molar refractivity (Wildman–Crippen MR) is 65.4 cm³/mol. The lowest BCUT2D eigenvalue weighted by molar-refractivity contribution is -0.137. The molecule has 0 bridgehead atoms. The van der Waals surface area contributed by atoms with Crippen molar-refractivity contribution < 1.29 is 15.0 Å². The van der Waals surface area contributed by atoms with Gasteiger partial charge in [-0.3, -0.25) is 4.79 Å². The lowest BCUT2D eigenvalue weighted by atomic mass is 10.1. The molecule has 0 fully saturated rings. The Hall–Kier alpha value is -0.830. The molecular formula is C13H24O3. The van der Waals surface area contributed by atoms with E-state index in [1.807, 2.05) is 6.08 Å². The second-order valence-electron chi connectivity index (χ2n) is 4.06.